The van der Waals surface area contributed by atoms with Crippen LogP contribution in [0.3, 0.4) is 0 Å². The molecule has 0 saturated heterocycles. The zero-order valence-electron chi connectivity index (χ0n) is 37.3. The lowest BCUT2D eigenvalue weighted by Gasteiger charge is -2.63. The van der Waals surface area contributed by atoms with E-state index < -0.39 is 68.2 Å². The molecular weight excluding hydrogens is 823 g/mol. The standard InChI is InChI=1S/C44H73N5O14/c1-27(8-11-37(54)55)30-9-10-31-42-32(21-34(51)44(30,31)3)43(2)13-12-29(19-28(43)20-33(42)50)46-35(52)7-5-4-6-14-45-36(53)22-47(15-17-48(23-38(56)57)24-39(58)59)16-18-49(25-40(60)61)26-41(62)63/h27-34,42,50-51H,4-26H2,1-3H3,(H,45,53)(H,46,52)(H,54,55)(H,56,57)(H,58,59)(H,60,61)(H,62,63)/t27?,28-,29-,30+,31?,32?,33+,34-,42?,43-,44+/m0/s1. The first-order chi connectivity index (χ1) is 29.6. The third kappa shape index (κ3) is 14.3. The number of carboxylic acid groups (broad SMARTS) is 5. The molecule has 19 heteroatoms. The number of amides is 2. The molecule has 0 aromatic rings. The Balaban J connectivity index is 1.21. The minimum Gasteiger partial charge on any atom is -0.481 e. The SMILES string of the molecule is CC(CCC(=O)O)[C@H]1CCC2C3C(C[C@H](O)[C@@]21C)[C@@]1(C)CC[C@H](NC(=O)CCCCCNC(=O)CN(CCN(CC(=O)O)CC(=O)O)CCN(CC(=O)O)CC(=O)O)C[C@H]1C[C@H]3O. The Hall–Kier alpha value is -3.91. The Morgan fingerprint density at radius 1 is 0.635 bits per heavy atom. The Kier molecular flexibility index (Phi) is 19.2. The molecule has 2 amide bonds. The maximum atomic E-state index is 13.1. The molecule has 0 aromatic heterocycles. The molecule has 4 aliphatic carbocycles. The highest BCUT2D eigenvalue weighted by Crippen LogP contribution is 2.68. The van der Waals surface area contributed by atoms with E-state index in [0.717, 1.165) is 32.1 Å². The molecule has 0 aromatic carbocycles. The number of hydrogen-bond donors (Lipinski definition) is 9. The average molecular weight is 896 g/mol. The first kappa shape index (κ1) is 51.7. The van der Waals surface area contributed by atoms with Crippen LogP contribution >= 0.6 is 0 Å². The van der Waals surface area contributed by atoms with Gasteiger partial charge in [0.05, 0.1) is 44.9 Å². The fourth-order valence-corrected chi connectivity index (χ4v) is 12.2. The summed E-state index contributed by atoms with van der Waals surface area (Å²) in [5.74, 6) is -5.14. The Morgan fingerprint density at radius 3 is 1.76 bits per heavy atom. The number of carbonyl (C=O) groups is 7. The summed E-state index contributed by atoms with van der Waals surface area (Å²) in [7, 11) is 0. The van der Waals surface area contributed by atoms with E-state index in [9.17, 15) is 69.3 Å². The molecule has 4 unspecified atom stereocenters. The van der Waals surface area contributed by atoms with Gasteiger partial charge in [0.2, 0.25) is 11.8 Å². The van der Waals surface area contributed by atoms with E-state index in [1.807, 2.05) is 0 Å². The van der Waals surface area contributed by atoms with Crippen molar-refractivity contribution in [1.82, 2.24) is 25.3 Å². The number of aliphatic carboxylic acids is 5. The molecule has 4 saturated carbocycles. The molecular formula is C44H73N5O14. The second-order valence-corrected chi connectivity index (χ2v) is 19.5. The summed E-state index contributed by atoms with van der Waals surface area (Å²) in [6.07, 6.45) is 7.50. The van der Waals surface area contributed by atoms with E-state index in [1.165, 1.54) is 9.80 Å². The molecule has 358 valence electrons. The summed E-state index contributed by atoms with van der Waals surface area (Å²) < 4.78 is 0. The Labute approximate surface area is 369 Å². The number of carbonyl (C=O) groups excluding carboxylic acids is 2. The molecule has 4 fully saturated rings. The van der Waals surface area contributed by atoms with Gasteiger partial charge >= 0.3 is 29.8 Å². The predicted molar refractivity (Wildman–Crippen MR) is 227 cm³/mol. The number of nitrogens with zero attached hydrogens (tertiary/aromatic N) is 3. The van der Waals surface area contributed by atoms with E-state index in [1.54, 1.807) is 4.90 Å². The van der Waals surface area contributed by atoms with Gasteiger partial charge in [0, 0.05) is 51.6 Å². The van der Waals surface area contributed by atoms with Gasteiger partial charge in [-0.1, -0.05) is 27.2 Å². The average Bonchev–Trinajstić information content (AvgIpc) is 3.54. The van der Waals surface area contributed by atoms with Gasteiger partial charge in [-0.25, -0.2) is 0 Å². The lowest BCUT2D eigenvalue weighted by Crippen LogP contribution is -2.63. The molecule has 0 radical (unpaired) electrons. The van der Waals surface area contributed by atoms with E-state index >= 15 is 0 Å². The lowest BCUT2D eigenvalue weighted by molar-refractivity contribution is -0.202. The van der Waals surface area contributed by atoms with E-state index in [-0.39, 0.29) is 103 Å². The van der Waals surface area contributed by atoms with E-state index in [4.69, 9.17) is 0 Å². The second-order valence-electron chi connectivity index (χ2n) is 19.5. The van der Waals surface area contributed by atoms with E-state index in [0.29, 0.717) is 51.5 Å². The quantitative estimate of drug-likeness (QED) is 0.0528. The highest BCUT2D eigenvalue weighted by molar-refractivity contribution is 5.78. The van der Waals surface area contributed by atoms with Gasteiger partial charge in [0.25, 0.3) is 0 Å². The lowest BCUT2D eigenvalue weighted by atomic mass is 9.43. The molecule has 4 aliphatic rings. The molecule has 19 nitrogen and oxygen atoms in total. The minimum atomic E-state index is -1.23. The van der Waals surface area contributed by atoms with Crippen LogP contribution in [0.25, 0.3) is 0 Å². The third-order valence-electron chi connectivity index (χ3n) is 15.4. The Bertz CT molecular complexity index is 1550. The highest BCUT2D eigenvalue weighted by Gasteiger charge is 2.65. The normalized spacial score (nSPS) is 30.5. The van der Waals surface area contributed by atoms with Gasteiger partial charge in [0.15, 0.2) is 0 Å². The Morgan fingerprint density at radius 2 is 1.21 bits per heavy atom. The van der Waals surface area contributed by atoms with Crippen molar-refractivity contribution in [2.45, 2.75) is 122 Å². The van der Waals surface area contributed by atoms with Crippen molar-refractivity contribution >= 4 is 41.7 Å². The number of fused-ring (bicyclic) bond motifs is 5. The smallest absolute Gasteiger partial charge is 0.317 e. The van der Waals surface area contributed by atoms with Crippen molar-refractivity contribution in [3.63, 3.8) is 0 Å². The monoisotopic (exact) mass is 896 g/mol. The summed E-state index contributed by atoms with van der Waals surface area (Å²) >= 11 is 0. The first-order valence-electron chi connectivity index (χ1n) is 22.8. The second kappa shape index (κ2) is 23.3. The molecule has 0 heterocycles. The zero-order chi connectivity index (χ0) is 46.6. The van der Waals surface area contributed by atoms with Gasteiger partial charge in [-0.05, 0) is 111 Å². The van der Waals surface area contributed by atoms with Crippen molar-refractivity contribution in [2.75, 3.05) is 65.4 Å². The summed E-state index contributed by atoms with van der Waals surface area (Å²) in [6.45, 7) is 4.62. The van der Waals surface area contributed by atoms with Crippen LogP contribution in [-0.2, 0) is 33.6 Å². The topological polar surface area (TPSA) is 295 Å². The number of unbranched alkanes of at least 4 members (excludes halogenated alkanes) is 2. The van der Waals surface area contributed by atoms with Crippen LogP contribution in [0.2, 0.25) is 0 Å². The predicted octanol–water partition coefficient (Wildman–Crippen LogP) is 1.49. The largest absolute Gasteiger partial charge is 0.481 e. The van der Waals surface area contributed by atoms with Crippen LogP contribution in [0.5, 0.6) is 0 Å². The van der Waals surface area contributed by atoms with Crippen LogP contribution in [0.4, 0.5) is 0 Å². The summed E-state index contributed by atoms with van der Waals surface area (Å²) in [6, 6.07) is -0.00745. The minimum absolute atomic E-state index is 0.00745. The third-order valence-corrected chi connectivity index (χ3v) is 15.4. The number of rotatable bonds is 27. The first-order valence-corrected chi connectivity index (χ1v) is 22.8. The number of hydrogen-bond acceptors (Lipinski definition) is 12. The van der Waals surface area contributed by atoms with Crippen molar-refractivity contribution < 1.29 is 69.3 Å². The maximum Gasteiger partial charge on any atom is 0.317 e. The highest BCUT2D eigenvalue weighted by atomic mass is 16.4. The van der Waals surface area contributed by atoms with E-state index in [2.05, 4.69) is 31.4 Å². The van der Waals surface area contributed by atoms with Crippen molar-refractivity contribution in [2.24, 2.45) is 46.3 Å². The number of nitrogens with one attached hydrogen (secondary N) is 2. The van der Waals surface area contributed by atoms with Crippen molar-refractivity contribution in [3.8, 4) is 0 Å². The van der Waals surface area contributed by atoms with Crippen LogP contribution in [-0.4, -0.2) is 176 Å². The summed E-state index contributed by atoms with van der Waals surface area (Å²) in [5, 5.41) is 75.8. The molecule has 0 bridgehead atoms. The van der Waals surface area contributed by atoms with Crippen LogP contribution < -0.4 is 10.6 Å². The molecule has 11 atom stereocenters. The van der Waals surface area contributed by atoms with Crippen LogP contribution in [0.15, 0.2) is 0 Å². The molecule has 9 N–H and O–H groups in total. The number of aliphatic hydroxyl groups is 2. The molecule has 63 heavy (non-hydrogen) atoms. The van der Waals surface area contributed by atoms with Gasteiger partial charge in [-0.15, -0.1) is 0 Å². The number of aliphatic hydroxyl groups excluding tert-OH is 2. The molecule has 0 spiro atoms. The fraction of sp³-hybridized carbons (Fsp3) is 0.841. The fourth-order valence-electron chi connectivity index (χ4n) is 12.2. The summed E-state index contributed by atoms with van der Waals surface area (Å²) in [4.78, 5) is 86.4. The van der Waals surface area contributed by atoms with Crippen LogP contribution in [0, 0.1) is 46.3 Å². The molecule has 4 rings (SSSR count). The number of carboxylic acids is 5. The van der Waals surface area contributed by atoms with Gasteiger partial charge in [-0.2, -0.15) is 0 Å². The van der Waals surface area contributed by atoms with Gasteiger partial charge < -0.3 is 46.4 Å². The van der Waals surface area contributed by atoms with Crippen LogP contribution in [0.1, 0.15) is 104 Å². The van der Waals surface area contributed by atoms with Crippen molar-refractivity contribution in [3.05, 3.63) is 0 Å². The van der Waals surface area contributed by atoms with Gasteiger partial charge in [0.1, 0.15) is 0 Å². The molecule has 0 aliphatic heterocycles. The zero-order valence-corrected chi connectivity index (χ0v) is 37.3. The summed E-state index contributed by atoms with van der Waals surface area (Å²) in [5.41, 5.74) is -0.425. The van der Waals surface area contributed by atoms with Gasteiger partial charge in [-0.3, -0.25) is 48.3 Å². The van der Waals surface area contributed by atoms with Crippen molar-refractivity contribution in [1.29, 1.82) is 0 Å². The maximum absolute atomic E-state index is 13.1.